The smallest absolute Gasteiger partial charge is 0.326 e. The van der Waals surface area contributed by atoms with Crippen LogP contribution < -0.4 is 48.3 Å². The molecule has 9 atom stereocenters. The van der Waals surface area contributed by atoms with Gasteiger partial charge in [0, 0.05) is 12.2 Å². The number of aliphatic hydroxyl groups excluding tert-OH is 1. The number of aliphatic hydroxyl groups is 1. The molecule has 22 heteroatoms. The van der Waals surface area contributed by atoms with Crippen molar-refractivity contribution in [2.45, 2.75) is 136 Å². The van der Waals surface area contributed by atoms with Gasteiger partial charge in [0.1, 0.15) is 42.3 Å². The molecule has 1 unspecified atom stereocenters. The van der Waals surface area contributed by atoms with Gasteiger partial charge in [0.2, 0.25) is 47.3 Å². The summed E-state index contributed by atoms with van der Waals surface area (Å²) in [5, 5.41) is 40.2. The first kappa shape index (κ1) is 58.1. The van der Waals surface area contributed by atoms with Crippen molar-refractivity contribution in [1.29, 1.82) is 0 Å². The Labute approximate surface area is 391 Å². The molecular weight excluding hydrogens is 883 g/mol. The maximum absolute atomic E-state index is 13.8. The third-order valence-corrected chi connectivity index (χ3v) is 10.9. The number of aliphatic carboxylic acids is 1. The normalized spacial score (nSPS) is 15.4. The van der Waals surface area contributed by atoms with E-state index in [2.05, 4.69) is 55.2 Å². The summed E-state index contributed by atoms with van der Waals surface area (Å²) in [5.74, 6) is -7.62. The molecule has 0 bridgehead atoms. The number of thioether (sulfide) groups is 1. The van der Waals surface area contributed by atoms with E-state index in [4.69, 9.17) is 5.73 Å². The Hall–Kier alpha value is -4.93. The summed E-state index contributed by atoms with van der Waals surface area (Å²) in [6, 6.07) is -1.08. The third kappa shape index (κ3) is 21.7. The Morgan fingerprint density at radius 2 is 1.15 bits per heavy atom. The number of nitrogens with one attached hydrogen (secondary N) is 8. The van der Waals surface area contributed by atoms with Crippen molar-refractivity contribution < 1.29 is 53.4 Å². The second-order valence-corrected chi connectivity index (χ2v) is 18.4. The minimum atomic E-state index is -1.63. The first-order valence-corrected chi connectivity index (χ1v) is 23.6. The molecule has 65 heavy (non-hydrogen) atoms. The minimum absolute atomic E-state index is 0.00114. The number of amides is 8. The Bertz CT molecular complexity index is 1750. The molecule has 1 rings (SSSR count). The lowest BCUT2D eigenvalue weighted by Gasteiger charge is -2.27. The minimum Gasteiger partial charge on any atom is -0.480 e. The van der Waals surface area contributed by atoms with E-state index in [9.17, 15) is 53.4 Å². The lowest BCUT2D eigenvalue weighted by Crippen LogP contribution is -2.61. The number of hydrogen-bond acceptors (Lipinski definition) is 13. The summed E-state index contributed by atoms with van der Waals surface area (Å²) in [4.78, 5) is 118. The van der Waals surface area contributed by atoms with Crippen LogP contribution in [0.4, 0.5) is 0 Å². The lowest BCUT2D eigenvalue weighted by atomic mass is 10.0. The molecule has 0 spiro atoms. The first-order chi connectivity index (χ1) is 30.4. The zero-order valence-corrected chi connectivity index (χ0v) is 40.5. The van der Waals surface area contributed by atoms with E-state index in [0.29, 0.717) is 17.7 Å². The number of rotatable bonds is 29. The van der Waals surface area contributed by atoms with Crippen molar-refractivity contribution in [1.82, 2.24) is 42.5 Å². The fourth-order valence-electron chi connectivity index (χ4n) is 6.26. The Kier molecular flexibility index (Phi) is 26.4. The van der Waals surface area contributed by atoms with Gasteiger partial charge >= 0.3 is 5.97 Å². The van der Waals surface area contributed by atoms with E-state index in [0.717, 1.165) is 0 Å². The van der Waals surface area contributed by atoms with Crippen LogP contribution in [0.2, 0.25) is 0 Å². The molecule has 0 aliphatic heterocycles. The van der Waals surface area contributed by atoms with Gasteiger partial charge in [0.15, 0.2) is 0 Å². The van der Waals surface area contributed by atoms with Gasteiger partial charge in [-0.05, 0) is 68.4 Å². The number of hydrogen-bond donors (Lipinski definition) is 12. The van der Waals surface area contributed by atoms with Crippen LogP contribution in [0.1, 0.15) is 80.2 Å². The molecule has 1 aromatic rings. The van der Waals surface area contributed by atoms with Crippen molar-refractivity contribution in [3.63, 3.8) is 0 Å². The van der Waals surface area contributed by atoms with Gasteiger partial charge in [-0.25, -0.2) is 4.79 Å². The van der Waals surface area contributed by atoms with Crippen molar-refractivity contribution in [2.75, 3.05) is 24.3 Å². The summed E-state index contributed by atoms with van der Waals surface area (Å²) in [7, 11) is 0. The maximum Gasteiger partial charge on any atom is 0.326 e. The zero-order chi connectivity index (χ0) is 49.6. The summed E-state index contributed by atoms with van der Waals surface area (Å²) < 4.78 is 0. The molecule has 0 aromatic heterocycles. The number of thiol groups is 1. The second kappa shape index (κ2) is 29.6. The molecule has 1 aromatic carbocycles. The molecule has 20 nitrogen and oxygen atoms in total. The van der Waals surface area contributed by atoms with Crippen molar-refractivity contribution in [3.05, 3.63) is 35.9 Å². The van der Waals surface area contributed by atoms with Crippen LogP contribution in [0.5, 0.6) is 0 Å². The molecule has 366 valence electrons. The van der Waals surface area contributed by atoms with Crippen LogP contribution >= 0.6 is 24.4 Å². The Morgan fingerprint density at radius 3 is 1.68 bits per heavy atom. The number of carboxylic acids is 1. The van der Waals surface area contributed by atoms with Gasteiger partial charge in [0.25, 0.3) is 0 Å². The molecule has 0 aliphatic rings. The SMILES string of the molecule is CSCC[C@H](NC(=O)[C@H](CS)NC(=O)[C@@H](NC(=O)[C@H](C)NC(=O)CNC(=O)[C@H](CC(C)C)NC(=O)[C@@H](N)CC(C)C)C(C)O)C(=O)N[C@@H](Cc1ccccc1)C(=O)N[C@H](C(=O)O)C(C)C. The standard InChI is InChI=1S/C43H71N9O11S2/c1-22(2)17-28(44)37(56)48-30(18-23(3)4)38(57)45-20-33(54)46-25(7)36(55)52-35(26(8)53)42(61)50-32(21-64)41(60)47-29(15-16-65-9)39(58)49-31(19-27-13-11-10-12-14-27)40(59)51-34(24(5)6)43(62)63/h10-14,22-26,28-32,34-35,53,64H,15-21,44H2,1-9H3,(H,45,57)(H,46,54)(H,47,60)(H,48,56)(H,49,58)(H,50,61)(H,51,59)(H,52,55)(H,62,63)/t25-,26?,28-,29-,30-,31-,32-,34-,35-/m0/s1. The first-order valence-electron chi connectivity index (χ1n) is 21.6. The molecule has 0 aliphatic carbocycles. The highest BCUT2D eigenvalue weighted by molar-refractivity contribution is 7.98. The number of nitrogens with two attached hydrogens (primary N) is 1. The molecule has 12 N–H and O–H groups in total. The van der Waals surface area contributed by atoms with E-state index >= 15 is 0 Å². The van der Waals surface area contributed by atoms with E-state index in [1.807, 2.05) is 27.7 Å². The van der Waals surface area contributed by atoms with Crippen LogP contribution in [0, 0.1) is 17.8 Å². The van der Waals surface area contributed by atoms with E-state index < -0.39 is 120 Å². The number of carbonyl (C=O) groups excluding carboxylic acids is 8. The maximum atomic E-state index is 13.8. The lowest BCUT2D eigenvalue weighted by molar-refractivity contribution is -0.143. The van der Waals surface area contributed by atoms with Gasteiger partial charge in [-0.15, -0.1) is 0 Å². The highest BCUT2D eigenvalue weighted by atomic mass is 32.2. The Morgan fingerprint density at radius 1 is 0.631 bits per heavy atom. The Balaban J connectivity index is 3.04. The van der Waals surface area contributed by atoms with Crippen molar-refractivity contribution >= 4 is 77.6 Å². The average molecular weight is 954 g/mol. The largest absolute Gasteiger partial charge is 0.480 e. The highest BCUT2D eigenvalue weighted by Crippen LogP contribution is 2.11. The van der Waals surface area contributed by atoms with E-state index in [1.165, 1.54) is 25.6 Å². The molecule has 8 amide bonds. The van der Waals surface area contributed by atoms with Gasteiger partial charge in [-0.3, -0.25) is 38.4 Å². The topological polar surface area (TPSA) is 316 Å². The molecule has 0 heterocycles. The number of benzene rings is 1. The van der Waals surface area contributed by atoms with Crippen molar-refractivity contribution in [3.8, 4) is 0 Å². The van der Waals surface area contributed by atoms with Crippen molar-refractivity contribution in [2.24, 2.45) is 23.5 Å². The van der Waals surface area contributed by atoms with E-state index in [1.54, 1.807) is 50.4 Å². The summed E-state index contributed by atoms with van der Waals surface area (Å²) >= 11 is 5.58. The molecular formula is C43H71N9O11S2. The molecule has 0 saturated heterocycles. The zero-order valence-electron chi connectivity index (χ0n) is 38.8. The predicted molar refractivity (Wildman–Crippen MR) is 250 cm³/mol. The summed E-state index contributed by atoms with van der Waals surface area (Å²) in [6.45, 7) is 12.7. The van der Waals surface area contributed by atoms with Crippen LogP contribution in [-0.4, -0.2) is 142 Å². The third-order valence-electron chi connectivity index (χ3n) is 9.86. The van der Waals surface area contributed by atoms with Gasteiger partial charge in [-0.2, -0.15) is 24.4 Å². The van der Waals surface area contributed by atoms with Gasteiger partial charge in [0.05, 0.1) is 18.7 Å². The summed E-state index contributed by atoms with van der Waals surface area (Å²) in [6.07, 6.45) is 1.05. The predicted octanol–water partition coefficient (Wildman–Crippen LogP) is -1.02. The monoisotopic (exact) mass is 953 g/mol. The van der Waals surface area contributed by atoms with Gasteiger partial charge < -0.3 is 58.5 Å². The van der Waals surface area contributed by atoms with Gasteiger partial charge in [-0.1, -0.05) is 71.9 Å². The molecule has 0 radical (unpaired) electrons. The number of carbonyl (C=O) groups is 9. The quantitative estimate of drug-likeness (QED) is 0.0429. The molecule has 0 saturated carbocycles. The van der Waals surface area contributed by atoms with Crippen LogP contribution in [0.25, 0.3) is 0 Å². The fourth-order valence-corrected chi connectivity index (χ4v) is 6.99. The number of carboxylic acid groups (broad SMARTS) is 1. The van der Waals surface area contributed by atoms with Crippen LogP contribution in [0.3, 0.4) is 0 Å². The second-order valence-electron chi connectivity index (χ2n) is 17.1. The molecule has 0 fully saturated rings. The van der Waals surface area contributed by atoms with Crippen LogP contribution in [-0.2, 0) is 49.6 Å². The average Bonchev–Trinajstić information content (AvgIpc) is 3.22. The highest BCUT2D eigenvalue weighted by Gasteiger charge is 2.35. The van der Waals surface area contributed by atoms with Crippen LogP contribution in [0.15, 0.2) is 30.3 Å². The fraction of sp³-hybridized carbons (Fsp3) is 0.651. The summed E-state index contributed by atoms with van der Waals surface area (Å²) in [5.41, 5.74) is 6.65. The van der Waals surface area contributed by atoms with E-state index in [-0.39, 0.29) is 36.9 Å².